The van der Waals surface area contributed by atoms with Crippen molar-refractivity contribution < 1.29 is 9.53 Å². The Labute approximate surface area is 138 Å². The maximum Gasteiger partial charge on any atom is 0.267 e. The zero-order chi connectivity index (χ0) is 15.9. The summed E-state index contributed by atoms with van der Waals surface area (Å²) in [5, 5.41) is 11.3. The second-order valence-electron chi connectivity index (χ2n) is 4.63. The van der Waals surface area contributed by atoms with Gasteiger partial charge in [-0.1, -0.05) is 49.1 Å². The Morgan fingerprint density at radius 1 is 1.41 bits per heavy atom. The third-order valence-corrected chi connectivity index (χ3v) is 4.69. The molecule has 0 aliphatic heterocycles. The van der Waals surface area contributed by atoms with E-state index < -0.39 is 6.10 Å². The van der Waals surface area contributed by atoms with Crippen molar-refractivity contribution in [3.05, 3.63) is 29.8 Å². The van der Waals surface area contributed by atoms with E-state index in [0.717, 1.165) is 15.7 Å². The van der Waals surface area contributed by atoms with Crippen LogP contribution in [-0.4, -0.2) is 28.0 Å². The number of anilines is 1. The van der Waals surface area contributed by atoms with Gasteiger partial charge in [-0.25, -0.2) is 0 Å². The van der Waals surface area contributed by atoms with Crippen LogP contribution >= 0.6 is 23.1 Å². The first-order valence-corrected chi connectivity index (χ1v) is 8.93. The molecule has 0 aliphatic carbocycles. The van der Waals surface area contributed by atoms with Crippen LogP contribution in [-0.2, 0) is 4.79 Å². The number of ether oxygens (including phenoxy) is 1. The molecule has 0 radical (unpaired) electrons. The highest BCUT2D eigenvalue weighted by atomic mass is 32.2. The molecule has 2 rings (SSSR count). The lowest BCUT2D eigenvalue weighted by atomic mass is 10.2. The van der Waals surface area contributed by atoms with Crippen LogP contribution in [0, 0.1) is 6.92 Å². The number of hydrogen-bond acceptors (Lipinski definition) is 6. The van der Waals surface area contributed by atoms with Gasteiger partial charge in [0.15, 0.2) is 10.4 Å². The van der Waals surface area contributed by atoms with Crippen LogP contribution in [0.1, 0.15) is 25.8 Å². The predicted octanol–water partition coefficient (Wildman–Crippen LogP) is 3.75. The molecule has 1 amide bonds. The molecule has 1 aromatic heterocycles. The monoisotopic (exact) mass is 337 g/mol. The molecular weight excluding hydrogens is 318 g/mol. The van der Waals surface area contributed by atoms with Crippen molar-refractivity contribution in [2.24, 2.45) is 0 Å². The predicted molar refractivity (Wildman–Crippen MR) is 90.8 cm³/mol. The van der Waals surface area contributed by atoms with E-state index in [2.05, 4.69) is 15.5 Å². The second-order valence-corrected chi connectivity index (χ2v) is 7.12. The van der Waals surface area contributed by atoms with E-state index in [1.165, 1.54) is 11.3 Å². The summed E-state index contributed by atoms with van der Waals surface area (Å²) in [4.78, 5) is 12.3. The Morgan fingerprint density at radius 2 is 2.23 bits per heavy atom. The minimum atomic E-state index is -0.548. The van der Waals surface area contributed by atoms with E-state index >= 15 is 0 Å². The molecule has 1 unspecified atom stereocenters. The number of carbonyl (C=O) groups excluding carboxylic acids is 1. The van der Waals surface area contributed by atoms with Crippen LogP contribution in [0.2, 0.25) is 0 Å². The van der Waals surface area contributed by atoms with Gasteiger partial charge in [0.1, 0.15) is 5.75 Å². The maximum atomic E-state index is 12.3. The molecule has 5 nitrogen and oxygen atoms in total. The summed E-state index contributed by atoms with van der Waals surface area (Å²) in [5.74, 6) is 1.42. The van der Waals surface area contributed by atoms with Gasteiger partial charge in [-0.2, -0.15) is 0 Å². The van der Waals surface area contributed by atoms with Crippen molar-refractivity contribution in [3.8, 4) is 5.75 Å². The van der Waals surface area contributed by atoms with Gasteiger partial charge in [-0.3, -0.25) is 10.1 Å². The standard InChI is InChI=1S/C15H19N3O2S2/c1-4-12(20-11-8-6-7-10(3)9-11)13(19)16-14-17-18-15(22-14)21-5-2/h6-9,12H,4-5H2,1-3H3,(H,16,17,19). The molecule has 0 aliphatic rings. The zero-order valence-electron chi connectivity index (χ0n) is 12.8. The Balaban J connectivity index is 1.98. The van der Waals surface area contributed by atoms with Crippen LogP contribution in [0.3, 0.4) is 0 Å². The van der Waals surface area contributed by atoms with Crippen molar-refractivity contribution in [1.29, 1.82) is 0 Å². The van der Waals surface area contributed by atoms with Gasteiger partial charge >= 0.3 is 0 Å². The van der Waals surface area contributed by atoms with Gasteiger partial charge in [-0.15, -0.1) is 10.2 Å². The third kappa shape index (κ3) is 4.71. The highest BCUT2D eigenvalue weighted by Gasteiger charge is 2.20. The Hall–Kier alpha value is -1.60. The van der Waals surface area contributed by atoms with Gasteiger partial charge in [-0.05, 0) is 36.8 Å². The van der Waals surface area contributed by atoms with Crippen molar-refractivity contribution in [2.75, 3.05) is 11.1 Å². The van der Waals surface area contributed by atoms with Crippen molar-refractivity contribution in [3.63, 3.8) is 0 Å². The molecule has 118 valence electrons. The molecule has 0 saturated heterocycles. The lowest BCUT2D eigenvalue weighted by Gasteiger charge is -2.16. The second kappa shape index (κ2) is 8.14. The molecule has 0 saturated carbocycles. The fourth-order valence-electron chi connectivity index (χ4n) is 1.80. The van der Waals surface area contributed by atoms with Crippen LogP contribution < -0.4 is 10.1 Å². The van der Waals surface area contributed by atoms with E-state index in [0.29, 0.717) is 17.3 Å². The maximum absolute atomic E-state index is 12.3. The number of amides is 1. The average Bonchev–Trinajstić information content (AvgIpc) is 2.92. The van der Waals surface area contributed by atoms with E-state index in [1.807, 2.05) is 45.0 Å². The third-order valence-electron chi connectivity index (χ3n) is 2.84. The fourth-order valence-corrected chi connectivity index (χ4v) is 3.46. The van der Waals surface area contributed by atoms with E-state index in [4.69, 9.17) is 4.74 Å². The van der Waals surface area contributed by atoms with E-state index in [1.54, 1.807) is 11.8 Å². The van der Waals surface area contributed by atoms with Crippen LogP contribution in [0.4, 0.5) is 5.13 Å². The van der Waals surface area contributed by atoms with E-state index in [-0.39, 0.29) is 5.91 Å². The molecule has 22 heavy (non-hydrogen) atoms. The molecule has 7 heteroatoms. The normalized spacial score (nSPS) is 12.0. The Bertz CT molecular complexity index is 631. The summed E-state index contributed by atoms with van der Waals surface area (Å²) >= 11 is 2.98. The molecule has 1 heterocycles. The molecule has 0 spiro atoms. The fraction of sp³-hybridized carbons (Fsp3) is 0.400. The summed E-state index contributed by atoms with van der Waals surface area (Å²) in [6.45, 7) is 5.95. The minimum Gasteiger partial charge on any atom is -0.481 e. The number of hydrogen-bond donors (Lipinski definition) is 1. The van der Waals surface area contributed by atoms with Crippen molar-refractivity contribution >= 4 is 34.1 Å². The molecule has 0 fully saturated rings. The molecule has 0 bridgehead atoms. The van der Waals surface area contributed by atoms with Gasteiger partial charge in [0.25, 0.3) is 5.91 Å². The summed E-state index contributed by atoms with van der Waals surface area (Å²) in [5.41, 5.74) is 1.10. The molecule has 1 atom stereocenters. The number of rotatable bonds is 7. The van der Waals surface area contributed by atoms with Crippen molar-refractivity contribution in [1.82, 2.24) is 10.2 Å². The smallest absolute Gasteiger partial charge is 0.267 e. The van der Waals surface area contributed by atoms with Gasteiger partial charge in [0, 0.05) is 0 Å². The lowest BCUT2D eigenvalue weighted by Crippen LogP contribution is -2.32. The van der Waals surface area contributed by atoms with Crippen LogP contribution in [0.5, 0.6) is 5.75 Å². The summed E-state index contributed by atoms with van der Waals surface area (Å²) in [6.07, 6.45) is 0.0303. The quantitative estimate of drug-likeness (QED) is 0.616. The average molecular weight is 337 g/mol. The molecule has 1 N–H and O–H groups in total. The van der Waals surface area contributed by atoms with Crippen molar-refractivity contribution in [2.45, 2.75) is 37.6 Å². The number of nitrogens with zero attached hydrogens (tertiary/aromatic N) is 2. The Kier molecular flexibility index (Phi) is 6.21. The highest BCUT2D eigenvalue weighted by molar-refractivity contribution is 8.01. The number of nitrogens with one attached hydrogen (secondary N) is 1. The SMILES string of the molecule is CCSc1nnc(NC(=O)C(CC)Oc2cccc(C)c2)s1. The topological polar surface area (TPSA) is 64.1 Å². The van der Waals surface area contributed by atoms with Crippen LogP contribution in [0.25, 0.3) is 0 Å². The first-order valence-electron chi connectivity index (χ1n) is 7.12. The lowest BCUT2D eigenvalue weighted by molar-refractivity contribution is -0.122. The first-order chi connectivity index (χ1) is 10.6. The molecule has 2 aromatic rings. The number of benzene rings is 1. The summed E-state index contributed by atoms with van der Waals surface area (Å²) in [6, 6.07) is 7.66. The summed E-state index contributed by atoms with van der Waals surface area (Å²) < 4.78 is 6.62. The minimum absolute atomic E-state index is 0.201. The largest absolute Gasteiger partial charge is 0.481 e. The van der Waals surface area contributed by atoms with Gasteiger partial charge < -0.3 is 4.74 Å². The van der Waals surface area contributed by atoms with Gasteiger partial charge in [0.05, 0.1) is 0 Å². The van der Waals surface area contributed by atoms with Crippen LogP contribution in [0.15, 0.2) is 28.6 Å². The molecule has 1 aromatic carbocycles. The van der Waals surface area contributed by atoms with E-state index in [9.17, 15) is 4.79 Å². The molecular formula is C15H19N3O2S2. The number of carbonyl (C=O) groups is 1. The number of thioether (sulfide) groups is 1. The number of aryl methyl sites for hydroxylation is 1. The highest BCUT2D eigenvalue weighted by Crippen LogP contribution is 2.25. The van der Waals surface area contributed by atoms with Gasteiger partial charge in [0.2, 0.25) is 5.13 Å². The summed E-state index contributed by atoms with van der Waals surface area (Å²) in [7, 11) is 0. The Morgan fingerprint density at radius 3 is 2.91 bits per heavy atom. The zero-order valence-corrected chi connectivity index (χ0v) is 14.5. The number of aromatic nitrogens is 2. The first kappa shape index (κ1) is 16.8.